The summed E-state index contributed by atoms with van der Waals surface area (Å²) >= 11 is 0. The number of carbonyl (C=O) groups excluding carboxylic acids is 3. The van der Waals surface area contributed by atoms with Crippen LogP contribution >= 0.6 is 7.37 Å². The van der Waals surface area contributed by atoms with Gasteiger partial charge in [-0.25, -0.2) is 9.59 Å². The lowest BCUT2D eigenvalue weighted by atomic mass is 10.1. The van der Waals surface area contributed by atoms with Crippen LogP contribution in [0, 0.1) is 0 Å². The van der Waals surface area contributed by atoms with Gasteiger partial charge in [-0.05, 0) is 24.5 Å². The minimum Gasteiger partial charge on any atom is -0.481 e. The van der Waals surface area contributed by atoms with Gasteiger partial charge in [0.25, 0.3) is 0 Å². The zero-order chi connectivity index (χ0) is 28.8. The van der Waals surface area contributed by atoms with Crippen LogP contribution in [0.25, 0.3) is 0 Å². The van der Waals surface area contributed by atoms with E-state index in [4.69, 9.17) is 9.47 Å². The minimum atomic E-state index is -4.57. The van der Waals surface area contributed by atoms with E-state index in [1.807, 2.05) is 6.07 Å². The van der Waals surface area contributed by atoms with Crippen molar-refractivity contribution in [1.29, 1.82) is 0 Å². The smallest absolute Gasteiger partial charge is 0.408 e. The van der Waals surface area contributed by atoms with Crippen LogP contribution in [-0.2, 0) is 36.8 Å². The van der Waals surface area contributed by atoms with Crippen LogP contribution in [0.3, 0.4) is 0 Å². The number of hydrogen-bond acceptors (Lipinski definition) is 7. The lowest BCUT2D eigenvalue weighted by molar-refractivity contribution is -0.137. The largest absolute Gasteiger partial charge is 0.481 e. The predicted octanol–water partition coefficient (Wildman–Crippen LogP) is 3.54. The Morgan fingerprint density at radius 3 is 1.79 bits per heavy atom. The van der Waals surface area contributed by atoms with Crippen LogP contribution in [0.15, 0.2) is 60.7 Å². The average Bonchev–Trinajstić information content (AvgIpc) is 2.91. The Kier molecular flexibility index (Phi) is 12.5. The van der Waals surface area contributed by atoms with E-state index in [1.54, 1.807) is 61.5 Å². The van der Waals surface area contributed by atoms with E-state index in [1.165, 1.54) is 6.92 Å². The van der Waals surface area contributed by atoms with E-state index >= 15 is 0 Å². The second kappa shape index (κ2) is 15.5. The van der Waals surface area contributed by atoms with Gasteiger partial charge in [0.1, 0.15) is 30.8 Å². The Hall–Kier alpha value is -3.89. The van der Waals surface area contributed by atoms with E-state index in [-0.39, 0.29) is 19.6 Å². The molecule has 0 aliphatic rings. The molecule has 0 fully saturated rings. The van der Waals surface area contributed by atoms with Gasteiger partial charge >= 0.3 is 18.2 Å². The predicted molar refractivity (Wildman–Crippen MR) is 142 cm³/mol. The SMILES string of the molecule is CCC[C@H](NC(=O)OCc1ccccc1)C(=O)NC(CC(=O)O)P(=O)(O)C(C)NC(=O)OCc1ccccc1. The number of carboxylic acids is 1. The number of alkyl carbamates (subject to hydrolysis) is 2. The van der Waals surface area contributed by atoms with Gasteiger partial charge in [0.15, 0.2) is 0 Å². The van der Waals surface area contributed by atoms with Crippen LogP contribution in [0.2, 0.25) is 0 Å². The van der Waals surface area contributed by atoms with Crippen molar-refractivity contribution in [2.45, 2.75) is 63.9 Å². The molecule has 12 nitrogen and oxygen atoms in total. The van der Waals surface area contributed by atoms with E-state index in [0.717, 1.165) is 5.56 Å². The van der Waals surface area contributed by atoms with Crippen LogP contribution in [0.4, 0.5) is 9.59 Å². The molecule has 212 valence electrons. The standard InChI is InChI=1S/C26H34N3O9P/c1-3-10-21(28-26(34)38-17-20-13-8-5-9-14-20)24(32)29-22(15-23(30)31)39(35,36)18(2)27-25(33)37-16-19-11-6-4-7-12-19/h4-9,11-14,18,21-22H,3,10,15-17H2,1-2H3,(H,27,33)(H,28,34)(H,29,32)(H,30,31)(H,35,36)/t18?,21-,22?/m0/s1. The van der Waals surface area contributed by atoms with Crippen molar-refractivity contribution < 1.29 is 43.2 Å². The third-order valence-corrected chi connectivity index (χ3v) is 8.06. The molecule has 3 unspecified atom stereocenters. The number of carbonyl (C=O) groups is 4. The Morgan fingerprint density at radius 1 is 0.846 bits per heavy atom. The second-order valence-corrected chi connectivity index (χ2v) is 11.5. The Bertz CT molecular complexity index is 1150. The van der Waals surface area contributed by atoms with Gasteiger partial charge in [-0.15, -0.1) is 0 Å². The molecule has 4 atom stereocenters. The molecule has 0 saturated carbocycles. The quantitative estimate of drug-likeness (QED) is 0.215. The van der Waals surface area contributed by atoms with Crippen molar-refractivity contribution in [2.24, 2.45) is 0 Å². The summed E-state index contributed by atoms with van der Waals surface area (Å²) in [5.74, 6) is -5.53. The lowest BCUT2D eigenvalue weighted by Gasteiger charge is -2.29. The summed E-state index contributed by atoms with van der Waals surface area (Å²) in [7, 11) is -4.57. The maximum atomic E-state index is 13.3. The third kappa shape index (κ3) is 10.8. The fraction of sp³-hybridized carbons (Fsp3) is 0.385. The number of benzene rings is 2. The maximum Gasteiger partial charge on any atom is 0.408 e. The number of nitrogens with one attached hydrogen (secondary N) is 3. The molecular formula is C26H34N3O9P. The molecule has 2 aromatic rings. The first-order valence-corrected chi connectivity index (χ1v) is 14.1. The zero-order valence-corrected chi connectivity index (χ0v) is 22.6. The maximum absolute atomic E-state index is 13.3. The summed E-state index contributed by atoms with van der Waals surface area (Å²) in [4.78, 5) is 59.7. The Labute approximate surface area is 226 Å². The van der Waals surface area contributed by atoms with Crippen molar-refractivity contribution >= 4 is 31.4 Å². The number of carboxylic acid groups (broad SMARTS) is 1. The van der Waals surface area contributed by atoms with Crippen molar-refractivity contribution in [2.75, 3.05) is 0 Å². The molecule has 0 bridgehead atoms. The molecule has 0 radical (unpaired) electrons. The molecule has 13 heteroatoms. The van der Waals surface area contributed by atoms with Gasteiger partial charge in [-0.3, -0.25) is 14.2 Å². The summed E-state index contributed by atoms with van der Waals surface area (Å²) < 4.78 is 23.4. The molecule has 39 heavy (non-hydrogen) atoms. The van der Waals surface area contributed by atoms with Crippen LogP contribution in [0.1, 0.15) is 44.2 Å². The molecule has 0 aliphatic heterocycles. The lowest BCUT2D eigenvalue weighted by Crippen LogP contribution is -2.51. The van der Waals surface area contributed by atoms with E-state index < -0.39 is 55.5 Å². The monoisotopic (exact) mass is 563 g/mol. The topological polar surface area (TPSA) is 180 Å². The summed E-state index contributed by atoms with van der Waals surface area (Å²) in [5, 5.41) is 16.2. The molecule has 0 aromatic heterocycles. The number of rotatable bonds is 14. The summed E-state index contributed by atoms with van der Waals surface area (Å²) in [6.45, 7) is 2.84. The molecule has 3 amide bonds. The first-order chi connectivity index (χ1) is 18.5. The van der Waals surface area contributed by atoms with Crippen molar-refractivity contribution in [1.82, 2.24) is 16.0 Å². The summed E-state index contributed by atoms with van der Waals surface area (Å²) in [5.41, 5.74) is 1.43. The zero-order valence-electron chi connectivity index (χ0n) is 21.7. The first-order valence-electron chi connectivity index (χ1n) is 12.3. The highest BCUT2D eigenvalue weighted by atomic mass is 31.2. The summed E-state index contributed by atoms with van der Waals surface area (Å²) in [6, 6.07) is 16.5. The van der Waals surface area contributed by atoms with Gasteiger partial charge in [-0.1, -0.05) is 74.0 Å². The number of amides is 3. The normalized spacial score (nSPS) is 14.5. The highest BCUT2D eigenvalue weighted by Crippen LogP contribution is 2.50. The van der Waals surface area contributed by atoms with Crippen LogP contribution in [-0.4, -0.2) is 51.7 Å². The number of ether oxygens (including phenoxy) is 2. The molecule has 0 saturated heterocycles. The van der Waals surface area contributed by atoms with E-state index in [0.29, 0.717) is 12.0 Å². The Balaban J connectivity index is 2.02. The molecule has 2 rings (SSSR count). The molecule has 0 heterocycles. The van der Waals surface area contributed by atoms with Crippen LogP contribution < -0.4 is 16.0 Å². The molecule has 0 aliphatic carbocycles. The minimum absolute atomic E-state index is 0.0375. The number of aliphatic carboxylic acids is 1. The molecule has 2 aromatic carbocycles. The van der Waals surface area contributed by atoms with Gasteiger partial charge < -0.3 is 35.4 Å². The Morgan fingerprint density at radius 2 is 1.33 bits per heavy atom. The fourth-order valence-corrected chi connectivity index (χ4v) is 5.03. The van der Waals surface area contributed by atoms with E-state index in [2.05, 4.69) is 16.0 Å². The molecule has 5 N–H and O–H groups in total. The van der Waals surface area contributed by atoms with Crippen LogP contribution in [0.5, 0.6) is 0 Å². The second-order valence-electron chi connectivity index (χ2n) is 8.72. The summed E-state index contributed by atoms with van der Waals surface area (Å²) in [6.07, 6.45) is -2.16. The average molecular weight is 564 g/mol. The van der Waals surface area contributed by atoms with Gasteiger partial charge in [0.05, 0.1) is 6.42 Å². The molecule has 0 spiro atoms. The first kappa shape index (κ1) is 31.3. The fourth-order valence-electron chi connectivity index (χ4n) is 3.47. The molecular weight excluding hydrogens is 529 g/mol. The van der Waals surface area contributed by atoms with Gasteiger partial charge in [0.2, 0.25) is 13.3 Å². The van der Waals surface area contributed by atoms with Crippen molar-refractivity contribution in [3.05, 3.63) is 71.8 Å². The highest BCUT2D eigenvalue weighted by molar-refractivity contribution is 7.59. The van der Waals surface area contributed by atoms with Crippen molar-refractivity contribution in [3.63, 3.8) is 0 Å². The van der Waals surface area contributed by atoms with Crippen molar-refractivity contribution in [3.8, 4) is 0 Å². The highest BCUT2D eigenvalue weighted by Gasteiger charge is 2.41. The number of hydrogen-bond donors (Lipinski definition) is 5. The third-order valence-electron chi connectivity index (χ3n) is 5.62. The van der Waals surface area contributed by atoms with E-state index in [9.17, 15) is 33.7 Å². The van der Waals surface area contributed by atoms with Gasteiger partial charge in [-0.2, -0.15) is 0 Å². The van der Waals surface area contributed by atoms with Gasteiger partial charge in [0, 0.05) is 0 Å².